The Labute approximate surface area is 172 Å². The molecular weight excluding hydrogens is 366 g/mol. The van der Waals surface area contributed by atoms with Gasteiger partial charge >= 0.3 is 0 Å². The van der Waals surface area contributed by atoms with Gasteiger partial charge in [-0.15, -0.1) is 0 Å². The van der Waals surface area contributed by atoms with Crippen LogP contribution in [0.3, 0.4) is 0 Å². The lowest BCUT2D eigenvalue weighted by atomic mass is 9.81. The Morgan fingerprint density at radius 1 is 1.03 bits per heavy atom. The quantitative estimate of drug-likeness (QED) is 0.746. The van der Waals surface area contributed by atoms with E-state index in [1.54, 1.807) is 0 Å². The summed E-state index contributed by atoms with van der Waals surface area (Å²) in [5.41, 5.74) is 2.69. The van der Waals surface area contributed by atoms with Crippen molar-refractivity contribution in [3.63, 3.8) is 0 Å². The normalized spacial score (nSPS) is 25.4. The topological polar surface area (TPSA) is 62.1 Å². The Bertz CT molecular complexity index is 761. The van der Waals surface area contributed by atoms with Gasteiger partial charge in [-0.25, -0.2) is 0 Å². The molecule has 6 heteroatoms. The van der Waals surface area contributed by atoms with Crippen molar-refractivity contribution in [3.05, 3.63) is 35.4 Å². The van der Waals surface area contributed by atoms with Crippen molar-refractivity contribution in [1.29, 1.82) is 0 Å². The summed E-state index contributed by atoms with van der Waals surface area (Å²) in [4.78, 5) is 42.6. The van der Waals surface area contributed by atoms with E-state index >= 15 is 0 Å². The summed E-state index contributed by atoms with van der Waals surface area (Å²) >= 11 is 0. The Morgan fingerprint density at radius 3 is 2.28 bits per heavy atom. The number of quaternary nitrogens is 1. The average Bonchev–Trinajstić information content (AvgIpc) is 2.99. The molecule has 156 valence electrons. The van der Waals surface area contributed by atoms with Crippen LogP contribution in [0.5, 0.6) is 0 Å². The zero-order valence-electron chi connectivity index (χ0n) is 17.4. The van der Waals surface area contributed by atoms with Crippen molar-refractivity contribution in [2.45, 2.75) is 45.6 Å². The van der Waals surface area contributed by atoms with Gasteiger partial charge in [0.15, 0.2) is 0 Å². The number of hydrogen-bond acceptors (Lipinski definition) is 3. The molecule has 6 nitrogen and oxygen atoms in total. The fourth-order valence-corrected chi connectivity index (χ4v) is 5.14. The van der Waals surface area contributed by atoms with E-state index in [1.807, 2.05) is 4.90 Å². The summed E-state index contributed by atoms with van der Waals surface area (Å²) in [5.74, 6) is -0.268. The lowest BCUT2D eigenvalue weighted by Gasteiger charge is -2.32. The minimum atomic E-state index is -0.125. The molecule has 0 radical (unpaired) electrons. The van der Waals surface area contributed by atoms with E-state index < -0.39 is 0 Å². The highest BCUT2D eigenvalue weighted by Gasteiger charge is 2.47. The van der Waals surface area contributed by atoms with Crippen molar-refractivity contribution in [1.82, 2.24) is 9.80 Å². The number of fused-ring (bicyclic) bond motifs is 1. The van der Waals surface area contributed by atoms with Gasteiger partial charge in [0, 0.05) is 18.5 Å². The molecule has 0 aromatic heterocycles. The summed E-state index contributed by atoms with van der Waals surface area (Å²) in [6.45, 7) is 6.75. The second-order valence-electron chi connectivity index (χ2n) is 8.81. The van der Waals surface area contributed by atoms with Crippen LogP contribution in [0.4, 0.5) is 0 Å². The lowest BCUT2D eigenvalue weighted by Crippen LogP contribution is -3.13. The molecule has 1 aliphatic carbocycles. The first kappa shape index (κ1) is 20.1. The molecule has 0 bridgehead atoms. The number of carbonyl (C=O) groups excluding carboxylic acids is 3. The Morgan fingerprint density at radius 2 is 1.66 bits per heavy atom. The third-order valence-electron chi connectivity index (χ3n) is 7.01. The van der Waals surface area contributed by atoms with Crippen LogP contribution in [0, 0.1) is 18.8 Å². The number of amides is 3. The molecule has 4 rings (SSSR count). The lowest BCUT2D eigenvalue weighted by molar-refractivity contribution is -0.917. The highest BCUT2D eigenvalue weighted by Crippen LogP contribution is 2.37. The maximum absolute atomic E-state index is 12.7. The third-order valence-corrected chi connectivity index (χ3v) is 7.01. The molecule has 1 aromatic rings. The molecule has 1 aromatic carbocycles. The van der Waals surface area contributed by atoms with Crippen LogP contribution in [-0.4, -0.2) is 60.2 Å². The molecule has 2 heterocycles. The number of piperazine rings is 1. The largest absolute Gasteiger partial charge is 0.331 e. The molecule has 3 amide bonds. The van der Waals surface area contributed by atoms with Crippen LogP contribution >= 0.6 is 0 Å². The number of hydrogen-bond donors (Lipinski definition) is 1. The van der Waals surface area contributed by atoms with Crippen molar-refractivity contribution >= 4 is 17.7 Å². The first-order chi connectivity index (χ1) is 14.0. The van der Waals surface area contributed by atoms with Gasteiger partial charge in [-0.2, -0.15) is 0 Å². The fraction of sp³-hybridized carbons (Fsp3) is 0.609. The van der Waals surface area contributed by atoms with Crippen molar-refractivity contribution in [3.8, 4) is 0 Å². The van der Waals surface area contributed by atoms with Crippen LogP contribution in [0.25, 0.3) is 0 Å². The third kappa shape index (κ3) is 4.22. The van der Waals surface area contributed by atoms with E-state index in [0.29, 0.717) is 0 Å². The minimum Gasteiger partial charge on any atom is -0.331 e. The van der Waals surface area contributed by atoms with Gasteiger partial charge in [0.25, 0.3) is 0 Å². The van der Waals surface area contributed by atoms with E-state index in [1.165, 1.54) is 20.9 Å². The second kappa shape index (κ2) is 8.66. The van der Waals surface area contributed by atoms with Gasteiger partial charge in [-0.3, -0.25) is 19.3 Å². The zero-order valence-corrected chi connectivity index (χ0v) is 17.4. The second-order valence-corrected chi connectivity index (χ2v) is 8.81. The summed E-state index contributed by atoms with van der Waals surface area (Å²) < 4.78 is 0. The molecular formula is C23H32N3O3+. The van der Waals surface area contributed by atoms with E-state index in [0.717, 1.165) is 58.4 Å². The maximum atomic E-state index is 12.7. The molecule has 2 atom stereocenters. The summed E-state index contributed by atoms with van der Waals surface area (Å²) in [5, 5.41) is 0. The number of rotatable bonds is 5. The van der Waals surface area contributed by atoms with Crippen molar-refractivity contribution in [2.75, 3.05) is 32.7 Å². The SMILES string of the molecule is Cc1ccccc1C[NH+]1CCN(C(=O)CCN2C(=O)[C@@H]3CCCC[C@H]3C2=O)CC1. The minimum absolute atomic E-state index is 0.0417. The number of aryl methyl sites for hydroxylation is 1. The smallest absolute Gasteiger partial charge is 0.233 e. The number of nitrogens with one attached hydrogen (secondary N) is 1. The zero-order chi connectivity index (χ0) is 20.4. The Hall–Kier alpha value is -2.21. The summed E-state index contributed by atoms with van der Waals surface area (Å²) in [6.07, 6.45) is 3.96. The predicted octanol–water partition coefficient (Wildman–Crippen LogP) is 0.787. The van der Waals surface area contributed by atoms with Crippen LogP contribution in [-0.2, 0) is 20.9 Å². The monoisotopic (exact) mass is 398 g/mol. The molecule has 1 N–H and O–H groups in total. The molecule has 2 saturated heterocycles. The Balaban J connectivity index is 1.25. The highest BCUT2D eigenvalue weighted by atomic mass is 16.2. The molecule has 3 fully saturated rings. The fourth-order valence-electron chi connectivity index (χ4n) is 5.14. The van der Waals surface area contributed by atoms with Crippen LogP contribution in [0.1, 0.15) is 43.2 Å². The van der Waals surface area contributed by atoms with E-state index in [-0.39, 0.29) is 42.5 Å². The average molecular weight is 399 g/mol. The Kier molecular flexibility index (Phi) is 5.99. The number of nitrogens with zero attached hydrogens (tertiary/aromatic N) is 2. The number of carbonyl (C=O) groups is 3. The molecule has 2 aliphatic heterocycles. The number of benzene rings is 1. The predicted molar refractivity (Wildman–Crippen MR) is 109 cm³/mol. The van der Waals surface area contributed by atoms with Crippen LogP contribution in [0.2, 0.25) is 0 Å². The van der Waals surface area contributed by atoms with Crippen molar-refractivity contribution in [2.24, 2.45) is 11.8 Å². The molecule has 29 heavy (non-hydrogen) atoms. The molecule has 0 unspecified atom stereocenters. The van der Waals surface area contributed by atoms with Gasteiger partial charge in [-0.05, 0) is 25.3 Å². The first-order valence-electron chi connectivity index (χ1n) is 11.1. The molecule has 0 spiro atoms. The van der Waals surface area contributed by atoms with Gasteiger partial charge in [0.2, 0.25) is 17.7 Å². The summed E-state index contributed by atoms with van der Waals surface area (Å²) in [7, 11) is 0. The van der Waals surface area contributed by atoms with E-state index in [2.05, 4.69) is 31.2 Å². The van der Waals surface area contributed by atoms with Gasteiger partial charge in [0.05, 0.1) is 38.0 Å². The number of imide groups is 1. The van der Waals surface area contributed by atoms with Gasteiger partial charge in [-0.1, -0.05) is 37.1 Å². The first-order valence-corrected chi connectivity index (χ1v) is 11.1. The van der Waals surface area contributed by atoms with E-state index in [4.69, 9.17) is 0 Å². The van der Waals surface area contributed by atoms with Gasteiger partial charge in [0.1, 0.15) is 6.54 Å². The van der Waals surface area contributed by atoms with Crippen LogP contribution in [0.15, 0.2) is 24.3 Å². The maximum Gasteiger partial charge on any atom is 0.233 e. The molecule has 1 saturated carbocycles. The highest BCUT2D eigenvalue weighted by molar-refractivity contribution is 6.05. The summed E-state index contributed by atoms with van der Waals surface area (Å²) in [6, 6.07) is 8.47. The van der Waals surface area contributed by atoms with Gasteiger partial charge < -0.3 is 9.80 Å². The number of likely N-dealkylation sites (tertiary alicyclic amines) is 1. The molecule has 3 aliphatic rings. The van der Waals surface area contributed by atoms with Crippen LogP contribution < -0.4 is 4.90 Å². The standard InChI is InChI=1S/C23H31N3O3/c1-17-6-2-3-7-18(17)16-24-12-14-25(15-13-24)21(27)10-11-26-22(28)19-8-4-5-9-20(19)23(26)29/h2-3,6-7,19-20H,4-5,8-16H2,1H3/p+1/t19-,20-/m1/s1. The van der Waals surface area contributed by atoms with Crippen molar-refractivity contribution < 1.29 is 19.3 Å². The van der Waals surface area contributed by atoms with E-state index in [9.17, 15) is 14.4 Å².